The van der Waals surface area contributed by atoms with Crippen LogP contribution in [0.4, 0.5) is 4.39 Å². The Labute approximate surface area is 134 Å². The fourth-order valence-corrected chi connectivity index (χ4v) is 3.12. The molecule has 6 heteroatoms. The van der Waals surface area contributed by atoms with Crippen molar-refractivity contribution < 1.29 is 13.9 Å². The van der Waals surface area contributed by atoms with Gasteiger partial charge in [0.05, 0.1) is 18.6 Å². The summed E-state index contributed by atoms with van der Waals surface area (Å²) in [6.07, 6.45) is 4.69. The summed E-state index contributed by atoms with van der Waals surface area (Å²) in [5.74, 6) is 0.0399. The summed E-state index contributed by atoms with van der Waals surface area (Å²) >= 11 is 0. The van der Waals surface area contributed by atoms with Gasteiger partial charge in [0.25, 0.3) is 5.91 Å². The van der Waals surface area contributed by atoms with Crippen molar-refractivity contribution in [3.63, 3.8) is 0 Å². The van der Waals surface area contributed by atoms with E-state index in [9.17, 15) is 9.18 Å². The average Bonchev–Trinajstić information content (AvgIpc) is 3.11. The Morgan fingerprint density at radius 1 is 1.43 bits per heavy atom. The predicted octanol–water partition coefficient (Wildman–Crippen LogP) is 2.27. The number of carbonyl (C=O) groups is 1. The van der Waals surface area contributed by atoms with Crippen LogP contribution >= 0.6 is 0 Å². The number of H-pyrrole nitrogens is 1. The van der Waals surface area contributed by atoms with E-state index in [1.165, 1.54) is 24.7 Å². The van der Waals surface area contributed by atoms with Gasteiger partial charge < -0.3 is 14.6 Å². The van der Waals surface area contributed by atoms with Crippen LogP contribution in [0.3, 0.4) is 0 Å². The van der Waals surface area contributed by atoms with E-state index >= 15 is 0 Å². The Balaban J connectivity index is 1.64. The number of aromatic amines is 1. The maximum absolute atomic E-state index is 13.0. The summed E-state index contributed by atoms with van der Waals surface area (Å²) in [5.41, 5.74) is 1.59. The molecule has 0 unspecified atom stereocenters. The lowest BCUT2D eigenvalue weighted by atomic mass is 9.87. The minimum absolute atomic E-state index is 0.0272. The SMILES string of the molecule is CO[C@@H]1CN(C(=O)c2cnc[nH]2)CC[C@@H]1Cc1ccc(F)cc1. The quantitative estimate of drug-likeness (QED) is 0.941. The normalized spacial score (nSPS) is 21.4. The lowest BCUT2D eigenvalue weighted by molar-refractivity contribution is -0.00714. The number of rotatable bonds is 4. The molecule has 1 aliphatic rings. The molecule has 0 spiro atoms. The molecule has 1 saturated heterocycles. The third-order valence-electron chi connectivity index (χ3n) is 4.43. The van der Waals surface area contributed by atoms with Crippen molar-refractivity contribution in [3.05, 3.63) is 53.9 Å². The van der Waals surface area contributed by atoms with Crippen molar-refractivity contribution in [2.45, 2.75) is 18.9 Å². The molecule has 0 radical (unpaired) electrons. The van der Waals surface area contributed by atoms with Crippen LogP contribution in [-0.2, 0) is 11.2 Å². The molecule has 0 bridgehead atoms. The number of nitrogens with one attached hydrogen (secondary N) is 1. The molecule has 23 heavy (non-hydrogen) atoms. The number of ether oxygens (including phenoxy) is 1. The third kappa shape index (κ3) is 3.59. The summed E-state index contributed by atoms with van der Waals surface area (Å²) in [7, 11) is 1.67. The van der Waals surface area contributed by atoms with Crippen LogP contribution in [0.2, 0.25) is 0 Å². The van der Waals surface area contributed by atoms with Crippen LogP contribution in [0, 0.1) is 11.7 Å². The number of piperidine rings is 1. The van der Waals surface area contributed by atoms with E-state index in [1.807, 2.05) is 12.1 Å². The monoisotopic (exact) mass is 317 g/mol. The highest BCUT2D eigenvalue weighted by Crippen LogP contribution is 2.25. The first-order chi connectivity index (χ1) is 11.2. The van der Waals surface area contributed by atoms with Gasteiger partial charge in [0, 0.05) is 20.2 Å². The van der Waals surface area contributed by atoms with Crippen molar-refractivity contribution in [2.75, 3.05) is 20.2 Å². The van der Waals surface area contributed by atoms with Gasteiger partial charge in [0.15, 0.2) is 0 Å². The van der Waals surface area contributed by atoms with E-state index in [4.69, 9.17) is 4.74 Å². The molecule has 1 N–H and O–H groups in total. The van der Waals surface area contributed by atoms with Crippen molar-refractivity contribution in [3.8, 4) is 0 Å². The number of hydrogen-bond donors (Lipinski definition) is 1. The zero-order valence-electron chi connectivity index (χ0n) is 13.0. The zero-order chi connectivity index (χ0) is 16.2. The van der Waals surface area contributed by atoms with Crippen molar-refractivity contribution in [1.82, 2.24) is 14.9 Å². The third-order valence-corrected chi connectivity index (χ3v) is 4.43. The van der Waals surface area contributed by atoms with Gasteiger partial charge in [-0.3, -0.25) is 4.79 Å². The van der Waals surface area contributed by atoms with Gasteiger partial charge in [-0.15, -0.1) is 0 Å². The molecule has 0 aliphatic carbocycles. The average molecular weight is 317 g/mol. The molecule has 1 amide bonds. The standard InChI is InChI=1S/C17H20FN3O2/c1-23-16-10-21(17(22)15-9-19-11-20-15)7-6-13(16)8-12-2-4-14(18)5-3-12/h2-5,9,11,13,16H,6-8,10H2,1H3,(H,19,20)/t13-,16-/m1/s1. The minimum Gasteiger partial charge on any atom is -0.379 e. The summed E-state index contributed by atoms with van der Waals surface area (Å²) < 4.78 is 18.6. The predicted molar refractivity (Wildman–Crippen MR) is 83.5 cm³/mol. The number of amides is 1. The lowest BCUT2D eigenvalue weighted by Crippen LogP contribution is -2.48. The molecule has 2 atom stereocenters. The van der Waals surface area contributed by atoms with Crippen LogP contribution in [0.5, 0.6) is 0 Å². The summed E-state index contributed by atoms with van der Waals surface area (Å²) in [5, 5.41) is 0. The Hall–Kier alpha value is -2.21. The maximum Gasteiger partial charge on any atom is 0.272 e. The van der Waals surface area contributed by atoms with Gasteiger partial charge in [-0.05, 0) is 36.5 Å². The zero-order valence-corrected chi connectivity index (χ0v) is 13.0. The van der Waals surface area contributed by atoms with Crippen molar-refractivity contribution >= 4 is 5.91 Å². The second-order valence-electron chi connectivity index (χ2n) is 5.87. The molecule has 0 saturated carbocycles. The van der Waals surface area contributed by atoms with E-state index in [-0.39, 0.29) is 17.8 Å². The van der Waals surface area contributed by atoms with Crippen molar-refractivity contribution in [2.24, 2.45) is 5.92 Å². The minimum atomic E-state index is -0.225. The fourth-order valence-electron chi connectivity index (χ4n) is 3.12. The van der Waals surface area contributed by atoms with Gasteiger partial charge in [-0.25, -0.2) is 9.37 Å². The number of imidazole rings is 1. The van der Waals surface area contributed by atoms with Gasteiger partial charge in [0.2, 0.25) is 0 Å². The largest absolute Gasteiger partial charge is 0.379 e. The number of nitrogens with zero attached hydrogens (tertiary/aromatic N) is 2. The van der Waals surface area contributed by atoms with Gasteiger partial charge >= 0.3 is 0 Å². The molecule has 1 fully saturated rings. The van der Waals surface area contributed by atoms with E-state index in [0.29, 0.717) is 24.7 Å². The summed E-state index contributed by atoms with van der Waals surface area (Å²) in [4.78, 5) is 20.9. The number of halogens is 1. The topological polar surface area (TPSA) is 58.2 Å². The lowest BCUT2D eigenvalue weighted by Gasteiger charge is -2.37. The molecule has 122 valence electrons. The highest BCUT2D eigenvalue weighted by Gasteiger charge is 2.32. The van der Waals surface area contributed by atoms with Crippen LogP contribution in [-0.4, -0.2) is 47.1 Å². The summed E-state index contributed by atoms with van der Waals surface area (Å²) in [6.45, 7) is 1.24. The number of benzene rings is 1. The van der Waals surface area contributed by atoms with E-state index in [0.717, 1.165) is 18.4 Å². The summed E-state index contributed by atoms with van der Waals surface area (Å²) in [6, 6.07) is 6.58. The number of methoxy groups -OCH3 is 1. The molecule has 1 aromatic heterocycles. The molecular weight excluding hydrogens is 297 g/mol. The number of carbonyl (C=O) groups excluding carboxylic acids is 1. The second-order valence-corrected chi connectivity index (χ2v) is 5.87. The van der Waals surface area contributed by atoms with Crippen LogP contribution in [0.25, 0.3) is 0 Å². The highest BCUT2D eigenvalue weighted by molar-refractivity contribution is 5.92. The smallest absolute Gasteiger partial charge is 0.272 e. The first-order valence-electron chi connectivity index (χ1n) is 7.72. The maximum atomic E-state index is 13.0. The van der Waals surface area contributed by atoms with Crippen LogP contribution < -0.4 is 0 Å². The van der Waals surface area contributed by atoms with E-state index < -0.39 is 0 Å². The van der Waals surface area contributed by atoms with E-state index in [2.05, 4.69) is 9.97 Å². The van der Waals surface area contributed by atoms with Crippen molar-refractivity contribution in [1.29, 1.82) is 0 Å². The number of hydrogen-bond acceptors (Lipinski definition) is 3. The van der Waals surface area contributed by atoms with Gasteiger partial charge in [-0.1, -0.05) is 12.1 Å². The van der Waals surface area contributed by atoms with Crippen LogP contribution in [0.1, 0.15) is 22.5 Å². The van der Waals surface area contributed by atoms with Gasteiger partial charge in [0.1, 0.15) is 11.5 Å². The molecule has 3 rings (SSSR count). The Bertz CT molecular complexity index is 642. The molecular formula is C17H20FN3O2. The Morgan fingerprint density at radius 3 is 2.87 bits per heavy atom. The molecule has 1 aromatic carbocycles. The first-order valence-corrected chi connectivity index (χ1v) is 7.72. The molecule has 1 aliphatic heterocycles. The number of aromatic nitrogens is 2. The Kier molecular flexibility index (Phi) is 4.71. The second kappa shape index (κ2) is 6.91. The fraction of sp³-hybridized carbons (Fsp3) is 0.412. The molecule has 5 nitrogen and oxygen atoms in total. The van der Waals surface area contributed by atoms with Crippen LogP contribution in [0.15, 0.2) is 36.8 Å². The highest BCUT2D eigenvalue weighted by atomic mass is 19.1. The molecule has 2 heterocycles. The first kappa shape index (κ1) is 15.7. The number of likely N-dealkylation sites (tertiary alicyclic amines) is 1. The van der Waals surface area contributed by atoms with Gasteiger partial charge in [-0.2, -0.15) is 0 Å². The molecule has 2 aromatic rings. The Morgan fingerprint density at radius 2 is 2.22 bits per heavy atom. The van der Waals surface area contributed by atoms with E-state index in [1.54, 1.807) is 12.0 Å².